The van der Waals surface area contributed by atoms with Crippen molar-refractivity contribution < 1.29 is 8.42 Å². The Morgan fingerprint density at radius 3 is 2.97 bits per heavy atom. The summed E-state index contributed by atoms with van der Waals surface area (Å²) < 4.78 is 26.6. The second-order valence-electron chi connectivity index (χ2n) is 8.49. The lowest BCUT2D eigenvalue weighted by molar-refractivity contribution is 0.360. The molecule has 0 radical (unpaired) electrons. The van der Waals surface area contributed by atoms with Gasteiger partial charge in [0.1, 0.15) is 12.0 Å². The molecular formula is C24H25N7O2S. The number of nitrogens with one attached hydrogen (secondary N) is 1. The largest absolute Gasteiger partial charge is 0.371 e. The van der Waals surface area contributed by atoms with Crippen molar-refractivity contribution in [1.29, 1.82) is 5.26 Å². The maximum atomic E-state index is 12.3. The molecule has 4 aromatic heterocycles. The van der Waals surface area contributed by atoms with E-state index in [0.717, 1.165) is 47.5 Å². The van der Waals surface area contributed by atoms with Crippen molar-refractivity contribution >= 4 is 26.6 Å². The van der Waals surface area contributed by atoms with Gasteiger partial charge in [0.05, 0.1) is 30.0 Å². The molecule has 0 saturated carbocycles. The Kier molecular flexibility index (Phi) is 5.79. The van der Waals surface area contributed by atoms with Crippen LogP contribution >= 0.6 is 0 Å². The SMILES string of the molecule is CCS(=O)(=O)c1cc(N2CCC(C(CC#N)n3ccc(-c4ncnc5[nH]ccc45)c3)C2)ccn1. The molecule has 2 unspecified atom stereocenters. The normalized spacial score (nSPS) is 17.2. The Bertz CT molecular complexity index is 1470. The fraction of sp³-hybridized carbons (Fsp3) is 0.333. The molecule has 0 spiro atoms. The molecule has 34 heavy (non-hydrogen) atoms. The van der Waals surface area contributed by atoms with E-state index in [0.29, 0.717) is 6.42 Å². The predicted octanol–water partition coefficient (Wildman–Crippen LogP) is 3.60. The van der Waals surface area contributed by atoms with Crippen molar-refractivity contribution in [3.8, 4) is 17.3 Å². The molecular weight excluding hydrogens is 450 g/mol. The summed E-state index contributed by atoms with van der Waals surface area (Å²) in [6, 6.07) is 9.85. The van der Waals surface area contributed by atoms with E-state index in [2.05, 4.69) is 41.7 Å². The number of sulfone groups is 1. The minimum absolute atomic E-state index is 0.00739. The average Bonchev–Trinajstić information content (AvgIpc) is 3.63. The van der Waals surface area contributed by atoms with Crippen LogP contribution in [0, 0.1) is 17.2 Å². The van der Waals surface area contributed by atoms with Crippen LogP contribution in [-0.4, -0.2) is 51.8 Å². The van der Waals surface area contributed by atoms with Gasteiger partial charge in [0.2, 0.25) is 0 Å². The summed E-state index contributed by atoms with van der Waals surface area (Å²) in [5, 5.41) is 10.6. The number of hydrogen-bond acceptors (Lipinski definition) is 7. The molecule has 4 aromatic rings. The molecule has 1 aliphatic rings. The predicted molar refractivity (Wildman–Crippen MR) is 129 cm³/mol. The van der Waals surface area contributed by atoms with E-state index < -0.39 is 9.84 Å². The van der Waals surface area contributed by atoms with E-state index in [1.54, 1.807) is 25.5 Å². The van der Waals surface area contributed by atoms with Crippen LogP contribution in [-0.2, 0) is 9.84 Å². The number of aromatic nitrogens is 5. The topological polar surface area (TPSA) is 121 Å². The van der Waals surface area contributed by atoms with E-state index in [1.165, 1.54) is 0 Å². The molecule has 0 aliphatic carbocycles. The van der Waals surface area contributed by atoms with Gasteiger partial charge in [-0.3, -0.25) is 0 Å². The van der Waals surface area contributed by atoms with Gasteiger partial charge in [-0.25, -0.2) is 23.4 Å². The van der Waals surface area contributed by atoms with Gasteiger partial charge in [0.25, 0.3) is 0 Å². The minimum atomic E-state index is -3.36. The zero-order valence-electron chi connectivity index (χ0n) is 18.8. The maximum Gasteiger partial charge on any atom is 0.195 e. The molecule has 0 amide bonds. The second kappa shape index (κ2) is 8.91. The highest BCUT2D eigenvalue weighted by molar-refractivity contribution is 7.91. The fourth-order valence-electron chi connectivity index (χ4n) is 4.72. The van der Waals surface area contributed by atoms with Crippen LogP contribution in [0.3, 0.4) is 0 Å². The quantitative estimate of drug-likeness (QED) is 0.433. The number of nitriles is 1. The van der Waals surface area contributed by atoms with Crippen LogP contribution in [0.4, 0.5) is 5.69 Å². The highest BCUT2D eigenvalue weighted by Gasteiger charge is 2.31. The summed E-state index contributed by atoms with van der Waals surface area (Å²) in [5.41, 5.74) is 3.48. The molecule has 1 N–H and O–H groups in total. The summed E-state index contributed by atoms with van der Waals surface area (Å²) >= 11 is 0. The van der Waals surface area contributed by atoms with Gasteiger partial charge in [-0.1, -0.05) is 6.92 Å². The molecule has 1 aliphatic heterocycles. The van der Waals surface area contributed by atoms with Gasteiger partial charge < -0.3 is 14.5 Å². The van der Waals surface area contributed by atoms with E-state index in [1.807, 2.05) is 30.6 Å². The Hall–Kier alpha value is -3.71. The molecule has 174 valence electrons. The van der Waals surface area contributed by atoms with Gasteiger partial charge in [0.15, 0.2) is 14.9 Å². The van der Waals surface area contributed by atoms with Crippen molar-refractivity contribution in [1.82, 2.24) is 24.5 Å². The smallest absolute Gasteiger partial charge is 0.195 e. The lowest BCUT2D eigenvalue weighted by atomic mass is 9.96. The van der Waals surface area contributed by atoms with Crippen molar-refractivity contribution in [2.45, 2.75) is 30.8 Å². The number of aromatic amines is 1. The van der Waals surface area contributed by atoms with Crippen molar-refractivity contribution in [3.63, 3.8) is 0 Å². The van der Waals surface area contributed by atoms with E-state index in [9.17, 15) is 13.7 Å². The first-order valence-corrected chi connectivity index (χ1v) is 12.9. The first-order chi connectivity index (χ1) is 16.5. The number of hydrogen-bond donors (Lipinski definition) is 1. The first-order valence-electron chi connectivity index (χ1n) is 11.3. The van der Waals surface area contributed by atoms with Crippen LogP contribution in [0.1, 0.15) is 25.8 Å². The van der Waals surface area contributed by atoms with E-state index >= 15 is 0 Å². The third-order valence-electron chi connectivity index (χ3n) is 6.58. The monoisotopic (exact) mass is 475 g/mol. The highest BCUT2D eigenvalue weighted by Crippen LogP contribution is 2.35. The molecule has 9 nitrogen and oxygen atoms in total. The van der Waals surface area contributed by atoms with E-state index in [-0.39, 0.29) is 22.7 Å². The average molecular weight is 476 g/mol. The fourth-order valence-corrected chi connectivity index (χ4v) is 5.54. The van der Waals surface area contributed by atoms with Crippen molar-refractivity contribution in [2.75, 3.05) is 23.7 Å². The van der Waals surface area contributed by atoms with Gasteiger partial charge in [-0.2, -0.15) is 5.26 Å². The molecule has 0 bridgehead atoms. The van der Waals surface area contributed by atoms with Crippen LogP contribution in [0.5, 0.6) is 0 Å². The van der Waals surface area contributed by atoms with Crippen LogP contribution in [0.25, 0.3) is 22.3 Å². The number of anilines is 1. The first kappa shape index (κ1) is 22.1. The number of rotatable bonds is 7. The Morgan fingerprint density at radius 1 is 1.26 bits per heavy atom. The minimum Gasteiger partial charge on any atom is -0.371 e. The second-order valence-corrected chi connectivity index (χ2v) is 10.7. The Labute approximate surface area is 198 Å². The third kappa shape index (κ3) is 4.03. The summed E-state index contributed by atoms with van der Waals surface area (Å²) in [5.74, 6) is 0.269. The van der Waals surface area contributed by atoms with Crippen LogP contribution in [0.15, 0.2) is 60.4 Å². The van der Waals surface area contributed by atoms with Gasteiger partial charge >= 0.3 is 0 Å². The summed E-state index contributed by atoms with van der Waals surface area (Å²) in [7, 11) is -3.36. The molecule has 1 saturated heterocycles. The Balaban J connectivity index is 1.39. The van der Waals surface area contributed by atoms with Crippen LogP contribution in [0.2, 0.25) is 0 Å². The number of pyridine rings is 1. The molecule has 5 heterocycles. The summed E-state index contributed by atoms with van der Waals surface area (Å²) in [6.07, 6.45) is 10.3. The van der Waals surface area contributed by atoms with E-state index in [4.69, 9.17) is 0 Å². The molecule has 1 fully saturated rings. The third-order valence-corrected chi connectivity index (χ3v) is 8.20. The zero-order valence-corrected chi connectivity index (χ0v) is 19.6. The molecule has 5 rings (SSSR count). The summed E-state index contributed by atoms with van der Waals surface area (Å²) in [6.45, 7) is 3.16. The number of nitrogens with zero attached hydrogens (tertiary/aromatic N) is 6. The van der Waals surface area contributed by atoms with Gasteiger partial charge in [-0.05, 0) is 36.6 Å². The lowest BCUT2D eigenvalue weighted by Crippen LogP contribution is -2.24. The van der Waals surface area contributed by atoms with Gasteiger partial charge in [-0.15, -0.1) is 0 Å². The van der Waals surface area contributed by atoms with Crippen molar-refractivity contribution in [2.24, 2.45) is 5.92 Å². The van der Waals surface area contributed by atoms with Crippen LogP contribution < -0.4 is 4.90 Å². The number of H-pyrrole nitrogens is 1. The molecule has 0 aromatic carbocycles. The molecule has 10 heteroatoms. The highest BCUT2D eigenvalue weighted by atomic mass is 32.2. The number of fused-ring (bicyclic) bond motifs is 1. The Morgan fingerprint density at radius 2 is 2.15 bits per heavy atom. The standard InChI is InChI=1S/C24H25N7O2S/c1-2-34(32,33)22-13-19(4-9-26-22)30-11-6-17(14-30)21(3-8-25)31-12-7-18(15-31)23-20-5-10-27-24(20)29-16-28-23/h4-5,7,9-10,12-13,15-17,21H,2-3,6,11,14H2,1H3,(H,27,28,29). The zero-order chi connectivity index (χ0) is 23.7. The van der Waals surface area contributed by atoms with Crippen molar-refractivity contribution in [3.05, 3.63) is 55.4 Å². The lowest BCUT2D eigenvalue weighted by Gasteiger charge is -2.24. The van der Waals surface area contributed by atoms with Gasteiger partial charge in [0, 0.05) is 54.5 Å². The molecule has 2 atom stereocenters. The summed E-state index contributed by atoms with van der Waals surface area (Å²) in [4.78, 5) is 18.1. The maximum absolute atomic E-state index is 12.3.